The number of rotatable bonds is 0. The number of hydrogen-bond acceptors (Lipinski definition) is 2. The van der Waals surface area contributed by atoms with E-state index in [0.717, 1.165) is 13.1 Å². The second kappa shape index (κ2) is 2.57. The van der Waals surface area contributed by atoms with E-state index in [1.165, 1.54) is 0 Å². The molecule has 0 spiro atoms. The fourth-order valence-electron chi connectivity index (χ4n) is 0.715. The van der Waals surface area contributed by atoms with E-state index >= 15 is 0 Å². The third kappa shape index (κ3) is 1.19. The van der Waals surface area contributed by atoms with Gasteiger partial charge in [0.1, 0.15) is 0 Å². The predicted molar refractivity (Wildman–Crippen MR) is 36.9 cm³/mol. The molecule has 1 aliphatic heterocycles. The summed E-state index contributed by atoms with van der Waals surface area (Å²) in [5, 5.41) is 0. The molecule has 48 valence electrons. The summed E-state index contributed by atoms with van der Waals surface area (Å²) in [6.45, 7) is 2.31. The summed E-state index contributed by atoms with van der Waals surface area (Å²) in [4.78, 5) is 0. The summed E-state index contributed by atoms with van der Waals surface area (Å²) in [6.07, 6.45) is 0. The van der Waals surface area contributed by atoms with Gasteiger partial charge in [0.2, 0.25) is 0 Å². The van der Waals surface area contributed by atoms with Gasteiger partial charge in [-0.15, -0.1) is 0 Å². The minimum atomic E-state index is -1.16. The second-order valence-corrected chi connectivity index (χ2v) is 7.45. The first-order valence-corrected chi connectivity index (χ1v) is 6.74. The SMILES string of the molecule is CN1CCN(C)[As]1Cl. The van der Waals surface area contributed by atoms with Gasteiger partial charge in [0.05, 0.1) is 0 Å². The number of likely N-dealkylation sites (N-methyl/N-ethyl adjacent to an activating group) is 2. The maximum absolute atomic E-state index is 6.01. The Kier molecular flexibility index (Phi) is 2.21. The maximum atomic E-state index is 6.01. The van der Waals surface area contributed by atoms with Crippen molar-refractivity contribution in [2.45, 2.75) is 0 Å². The van der Waals surface area contributed by atoms with Gasteiger partial charge in [-0.2, -0.15) is 0 Å². The van der Waals surface area contributed by atoms with Crippen LogP contribution in [-0.2, 0) is 0 Å². The average Bonchev–Trinajstić information content (AvgIpc) is 1.98. The molecule has 0 saturated carbocycles. The molecular formula is C4H10AsClN2. The molecule has 0 aromatic heterocycles. The molecule has 0 atom stereocenters. The van der Waals surface area contributed by atoms with Crippen molar-refractivity contribution in [3.8, 4) is 0 Å². The van der Waals surface area contributed by atoms with Crippen molar-refractivity contribution < 1.29 is 0 Å². The molecule has 8 heavy (non-hydrogen) atoms. The van der Waals surface area contributed by atoms with Crippen LogP contribution in [0.1, 0.15) is 0 Å². The molecule has 0 N–H and O–H groups in total. The van der Waals surface area contributed by atoms with Crippen LogP contribution in [0.5, 0.6) is 0 Å². The average molecular weight is 197 g/mol. The van der Waals surface area contributed by atoms with Gasteiger partial charge in [-0.1, -0.05) is 0 Å². The Balaban J connectivity index is 2.44. The van der Waals surface area contributed by atoms with Crippen LogP contribution in [-0.4, -0.2) is 49.0 Å². The number of hydrogen-bond donors (Lipinski definition) is 0. The van der Waals surface area contributed by atoms with E-state index < -0.39 is 14.2 Å². The Morgan fingerprint density at radius 3 is 1.75 bits per heavy atom. The van der Waals surface area contributed by atoms with Crippen LogP contribution in [0.3, 0.4) is 0 Å². The molecule has 0 bridgehead atoms. The summed E-state index contributed by atoms with van der Waals surface area (Å²) in [5.74, 6) is 0. The number of halogens is 1. The Morgan fingerprint density at radius 2 is 1.62 bits per heavy atom. The van der Waals surface area contributed by atoms with E-state index in [4.69, 9.17) is 9.95 Å². The molecule has 0 aromatic carbocycles. The summed E-state index contributed by atoms with van der Waals surface area (Å²) < 4.78 is 4.52. The van der Waals surface area contributed by atoms with Gasteiger partial charge >= 0.3 is 58.9 Å². The molecule has 0 amide bonds. The second-order valence-electron chi connectivity index (χ2n) is 2.00. The van der Waals surface area contributed by atoms with Crippen LogP contribution in [0.15, 0.2) is 0 Å². The van der Waals surface area contributed by atoms with E-state index in [1.54, 1.807) is 0 Å². The molecule has 0 unspecified atom stereocenters. The van der Waals surface area contributed by atoms with Crippen molar-refractivity contribution in [3.63, 3.8) is 0 Å². The van der Waals surface area contributed by atoms with Crippen LogP contribution in [0, 0.1) is 0 Å². The molecular weight excluding hydrogens is 186 g/mol. The van der Waals surface area contributed by atoms with Crippen molar-refractivity contribution in [1.82, 2.24) is 7.63 Å². The Morgan fingerprint density at radius 1 is 1.25 bits per heavy atom. The van der Waals surface area contributed by atoms with Crippen LogP contribution in [0.4, 0.5) is 0 Å². The van der Waals surface area contributed by atoms with Gasteiger partial charge < -0.3 is 0 Å². The van der Waals surface area contributed by atoms with Gasteiger partial charge in [-0.05, 0) is 0 Å². The third-order valence-corrected chi connectivity index (χ3v) is 7.20. The standard InChI is InChI=1S/C4H10AsClN2/c1-7-3-4-8(2)5(7)6/h3-4H2,1-2H3. The topological polar surface area (TPSA) is 6.48 Å². The van der Waals surface area contributed by atoms with Crippen LogP contribution >= 0.6 is 9.95 Å². The fourth-order valence-corrected chi connectivity index (χ4v) is 3.66. The summed E-state index contributed by atoms with van der Waals surface area (Å²) >= 11 is -1.16. The van der Waals surface area contributed by atoms with Crippen molar-refractivity contribution in [1.29, 1.82) is 0 Å². The van der Waals surface area contributed by atoms with Crippen molar-refractivity contribution >= 4 is 24.1 Å². The Hall–Kier alpha value is 0.768. The molecule has 2 nitrogen and oxygen atoms in total. The molecule has 1 heterocycles. The summed E-state index contributed by atoms with van der Waals surface area (Å²) in [6, 6.07) is 0. The van der Waals surface area contributed by atoms with Crippen molar-refractivity contribution in [2.75, 3.05) is 27.2 Å². The Bertz CT molecular complexity index is 80.1. The van der Waals surface area contributed by atoms with Crippen LogP contribution in [0.2, 0.25) is 0 Å². The predicted octanol–water partition coefficient (Wildman–Crippen LogP) is 0.0873. The normalized spacial score (nSPS) is 27.4. The van der Waals surface area contributed by atoms with E-state index in [1.807, 2.05) is 0 Å². The molecule has 4 heteroatoms. The molecule has 1 saturated heterocycles. The molecule has 0 aromatic rings. The van der Waals surface area contributed by atoms with Crippen LogP contribution in [0.25, 0.3) is 0 Å². The van der Waals surface area contributed by atoms with Crippen LogP contribution < -0.4 is 0 Å². The molecule has 1 aliphatic rings. The van der Waals surface area contributed by atoms with Gasteiger partial charge in [0.15, 0.2) is 0 Å². The third-order valence-electron chi connectivity index (χ3n) is 1.31. The van der Waals surface area contributed by atoms with E-state index in [2.05, 4.69) is 21.7 Å². The van der Waals surface area contributed by atoms with Crippen molar-refractivity contribution in [3.05, 3.63) is 0 Å². The zero-order valence-corrected chi connectivity index (χ0v) is 7.77. The Labute approximate surface area is 59.3 Å². The van der Waals surface area contributed by atoms with E-state index in [9.17, 15) is 0 Å². The molecule has 1 fully saturated rings. The monoisotopic (exact) mass is 196 g/mol. The fraction of sp³-hybridized carbons (Fsp3) is 1.00. The van der Waals surface area contributed by atoms with E-state index in [0.29, 0.717) is 0 Å². The van der Waals surface area contributed by atoms with Gasteiger partial charge in [0.25, 0.3) is 0 Å². The zero-order valence-electron chi connectivity index (χ0n) is 5.13. The quantitative estimate of drug-likeness (QED) is 0.507. The summed E-state index contributed by atoms with van der Waals surface area (Å²) in [7, 11) is 10.2. The summed E-state index contributed by atoms with van der Waals surface area (Å²) in [5.41, 5.74) is 0. The first-order valence-electron chi connectivity index (χ1n) is 2.60. The van der Waals surface area contributed by atoms with Gasteiger partial charge in [-0.3, -0.25) is 0 Å². The van der Waals surface area contributed by atoms with Gasteiger partial charge in [0, 0.05) is 0 Å². The van der Waals surface area contributed by atoms with E-state index in [-0.39, 0.29) is 0 Å². The minimum absolute atomic E-state index is 1.15. The van der Waals surface area contributed by atoms with Gasteiger partial charge in [-0.25, -0.2) is 0 Å². The molecule has 1 rings (SSSR count). The molecule has 0 aliphatic carbocycles. The first-order chi connectivity index (χ1) is 3.72. The molecule has 0 radical (unpaired) electrons. The first kappa shape index (κ1) is 6.88. The van der Waals surface area contributed by atoms with Crippen molar-refractivity contribution in [2.24, 2.45) is 0 Å². The zero-order chi connectivity index (χ0) is 6.15. The number of nitrogens with zero attached hydrogens (tertiary/aromatic N) is 2.